The maximum Gasteiger partial charge on any atom is 0.239 e. The fourth-order valence-corrected chi connectivity index (χ4v) is 4.44. The molecule has 0 aromatic heterocycles. The molecule has 0 radical (unpaired) electrons. The van der Waals surface area contributed by atoms with Crippen molar-refractivity contribution in [3.8, 4) is 0 Å². The highest BCUT2D eigenvalue weighted by atomic mass is 16.2. The molecule has 3 aliphatic rings. The molecule has 3 nitrogen and oxygen atoms in total. The SMILES string of the molecule is CC(C)C1CCN(C(=O)C2CCC3CCCCC3N2)C1. The molecular weight excluding hydrogens is 248 g/mol. The van der Waals surface area contributed by atoms with Crippen LogP contribution in [0.15, 0.2) is 0 Å². The first-order valence-corrected chi connectivity index (χ1v) is 8.70. The van der Waals surface area contributed by atoms with Crippen molar-refractivity contribution in [3.05, 3.63) is 0 Å². The van der Waals surface area contributed by atoms with E-state index in [1.54, 1.807) is 0 Å². The summed E-state index contributed by atoms with van der Waals surface area (Å²) in [5.74, 6) is 2.65. The quantitative estimate of drug-likeness (QED) is 0.842. The Kier molecular flexibility index (Phi) is 4.34. The van der Waals surface area contributed by atoms with E-state index in [1.807, 2.05) is 0 Å². The third-order valence-electron chi connectivity index (χ3n) is 5.93. The average Bonchev–Trinajstić information content (AvgIpc) is 2.96. The lowest BCUT2D eigenvalue weighted by molar-refractivity contribution is -0.134. The third kappa shape index (κ3) is 2.88. The van der Waals surface area contributed by atoms with Crippen LogP contribution in [0.1, 0.15) is 58.8 Å². The van der Waals surface area contributed by atoms with Gasteiger partial charge in [0.1, 0.15) is 0 Å². The first kappa shape index (κ1) is 14.4. The number of likely N-dealkylation sites (tertiary alicyclic amines) is 1. The molecule has 0 aromatic rings. The van der Waals surface area contributed by atoms with Crippen LogP contribution < -0.4 is 5.32 Å². The molecule has 0 bridgehead atoms. The van der Waals surface area contributed by atoms with E-state index >= 15 is 0 Å². The highest BCUT2D eigenvalue weighted by Gasteiger charge is 2.37. The van der Waals surface area contributed by atoms with Crippen molar-refractivity contribution >= 4 is 5.91 Å². The van der Waals surface area contributed by atoms with Gasteiger partial charge in [-0.05, 0) is 49.9 Å². The molecule has 0 aromatic carbocycles. The van der Waals surface area contributed by atoms with Crippen molar-refractivity contribution in [1.29, 1.82) is 0 Å². The maximum absolute atomic E-state index is 12.7. The number of hydrogen-bond acceptors (Lipinski definition) is 2. The van der Waals surface area contributed by atoms with Crippen LogP contribution >= 0.6 is 0 Å². The minimum Gasteiger partial charge on any atom is -0.341 e. The van der Waals surface area contributed by atoms with Gasteiger partial charge < -0.3 is 10.2 Å². The monoisotopic (exact) mass is 278 g/mol. The van der Waals surface area contributed by atoms with Crippen LogP contribution in [0.3, 0.4) is 0 Å². The molecule has 20 heavy (non-hydrogen) atoms. The molecule has 2 saturated heterocycles. The molecule has 0 spiro atoms. The Hall–Kier alpha value is -0.570. The second-order valence-electron chi connectivity index (χ2n) is 7.52. The van der Waals surface area contributed by atoms with E-state index < -0.39 is 0 Å². The minimum atomic E-state index is 0.111. The fourth-order valence-electron chi connectivity index (χ4n) is 4.44. The normalized spacial score (nSPS) is 38.0. The van der Waals surface area contributed by atoms with Gasteiger partial charge >= 0.3 is 0 Å². The molecule has 1 saturated carbocycles. The van der Waals surface area contributed by atoms with Crippen LogP contribution in [0.2, 0.25) is 0 Å². The van der Waals surface area contributed by atoms with Gasteiger partial charge in [-0.1, -0.05) is 26.7 Å². The molecule has 1 amide bonds. The van der Waals surface area contributed by atoms with E-state index in [0.717, 1.165) is 25.4 Å². The molecule has 3 heteroatoms. The summed E-state index contributed by atoms with van der Waals surface area (Å²) < 4.78 is 0. The second kappa shape index (κ2) is 6.05. The molecule has 3 rings (SSSR count). The van der Waals surface area contributed by atoms with Gasteiger partial charge in [0.05, 0.1) is 6.04 Å². The topological polar surface area (TPSA) is 32.3 Å². The van der Waals surface area contributed by atoms with Crippen molar-refractivity contribution in [2.75, 3.05) is 13.1 Å². The summed E-state index contributed by atoms with van der Waals surface area (Å²) in [4.78, 5) is 14.8. The number of piperidine rings is 1. The summed E-state index contributed by atoms with van der Waals surface area (Å²) in [6, 6.07) is 0.732. The zero-order valence-electron chi connectivity index (χ0n) is 13.1. The number of rotatable bonds is 2. The number of amides is 1. The summed E-state index contributed by atoms with van der Waals surface area (Å²) in [6.07, 6.45) is 8.90. The zero-order valence-corrected chi connectivity index (χ0v) is 13.1. The predicted octanol–water partition coefficient (Wildman–Crippen LogP) is 2.80. The van der Waals surface area contributed by atoms with Gasteiger partial charge in [0.2, 0.25) is 5.91 Å². The lowest BCUT2D eigenvalue weighted by atomic mass is 9.77. The number of hydrogen-bond donors (Lipinski definition) is 1. The standard InChI is InChI=1S/C17H30N2O/c1-12(2)14-9-10-19(11-14)17(20)16-8-7-13-5-3-4-6-15(13)18-16/h12-16,18H,3-11H2,1-2H3. The van der Waals surface area contributed by atoms with Crippen LogP contribution in [0, 0.1) is 17.8 Å². The van der Waals surface area contributed by atoms with E-state index in [4.69, 9.17) is 0 Å². The van der Waals surface area contributed by atoms with Gasteiger partial charge in [-0.2, -0.15) is 0 Å². The first-order valence-electron chi connectivity index (χ1n) is 8.70. The maximum atomic E-state index is 12.7. The van der Waals surface area contributed by atoms with Crippen LogP contribution in [0.25, 0.3) is 0 Å². The summed E-state index contributed by atoms with van der Waals surface area (Å²) in [5, 5.41) is 3.68. The van der Waals surface area contributed by atoms with E-state index in [-0.39, 0.29) is 6.04 Å². The van der Waals surface area contributed by atoms with Gasteiger partial charge in [0.25, 0.3) is 0 Å². The second-order valence-corrected chi connectivity index (χ2v) is 7.52. The third-order valence-corrected chi connectivity index (χ3v) is 5.93. The van der Waals surface area contributed by atoms with E-state index in [1.165, 1.54) is 38.5 Å². The van der Waals surface area contributed by atoms with Gasteiger partial charge in [0, 0.05) is 19.1 Å². The lowest BCUT2D eigenvalue weighted by Gasteiger charge is -2.40. The van der Waals surface area contributed by atoms with E-state index in [9.17, 15) is 4.79 Å². The number of nitrogens with one attached hydrogen (secondary N) is 1. The Morgan fingerprint density at radius 1 is 1.10 bits per heavy atom. The molecule has 3 fully saturated rings. The fraction of sp³-hybridized carbons (Fsp3) is 0.941. The van der Waals surface area contributed by atoms with E-state index in [0.29, 0.717) is 23.8 Å². The van der Waals surface area contributed by atoms with Crippen LogP contribution in [0.5, 0.6) is 0 Å². The largest absolute Gasteiger partial charge is 0.341 e. The molecule has 2 heterocycles. The summed E-state index contributed by atoms with van der Waals surface area (Å²) >= 11 is 0. The number of carbonyl (C=O) groups is 1. The van der Waals surface area contributed by atoms with Gasteiger partial charge in [-0.15, -0.1) is 0 Å². The van der Waals surface area contributed by atoms with Crippen molar-refractivity contribution < 1.29 is 4.79 Å². The Morgan fingerprint density at radius 2 is 1.90 bits per heavy atom. The number of nitrogens with zero attached hydrogens (tertiary/aromatic N) is 1. The van der Waals surface area contributed by atoms with Gasteiger partial charge in [-0.25, -0.2) is 0 Å². The Balaban J connectivity index is 1.55. The summed E-state index contributed by atoms with van der Waals surface area (Å²) in [5.41, 5.74) is 0. The van der Waals surface area contributed by atoms with Crippen LogP contribution in [-0.4, -0.2) is 36.0 Å². The molecule has 4 unspecified atom stereocenters. The summed E-state index contributed by atoms with van der Waals surface area (Å²) in [6.45, 7) is 6.53. The van der Waals surface area contributed by atoms with Gasteiger partial charge in [-0.3, -0.25) is 4.79 Å². The van der Waals surface area contributed by atoms with Crippen molar-refractivity contribution in [2.45, 2.75) is 70.9 Å². The number of fused-ring (bicyclic) bond motifs is 1. The molecular formula is C17H30N2O. The van der Waals surface area contributed by atoms with Gasteiger partial charge in [0.15, 0.2) is 0 Å². The molecule has 114 valence electrons. The Bertz CT molecular complexity index is 355. The molecule has 1 N–H and O–H groups in total. The average molecular weight is 278 g/mol. The predicted molar refractivity (Wildman–Crippen MR) is 81.4 cm³/mol. The number of carbonyl (C=O) groups excluding carboxylic acids is 1. The van der Waals surface area contributed by atoms with E-state index in [2.05, 4.69) is 24.1 Å². The van der Waals surface area contributed by atoms with Crippen LogP contribution in [0.4, 0.5) is 0 Å². The highest BCUT2D eigenvalue weighted by Crippen LogP contribution is 2.33. The Morgan fingerprint density at radius 3 is 2.65 bits per heavy atom. The van der Waals surface area contributed by atoms with Crippen molar-refractivity contribution in [1.82, 2.24) is 10.2 Å². The molecule has 1 aliphatic carbocycles. The van der Waals surface area contributed by atoms with Crippen molar-refractivity contribution in [2.24, 2.45) is 17.8 Å². The lowest BCUT2D eigenvalue weighted by Crippen LogP contribution is -2.55. The smallest absolute Gasteiger partial charge is 0.239 e. The Labute approximate surface area is 123 Å². The minimum absolute atomic E-state index is 0.111. The molecule has 2 aliphatic heterocycles. The highest BCUT2D eigenvalue weighted by molar-refractivity contribution is 5.82. The first-order chi connectivity index (χ1) is 9.65. The van der Waals surface area contributed by atoms with Crippen LogP contribution in [-0.2, 0) is 4.79 Å². The zero-order chi connectivity index (χ0) is 14.1. The molecule has 4 atom stereocenters. The summed E-state index contributed by atoms with van der Waals surface area (Å²) in [7, 11) is 0. The van der Waals surface area contributed by atoms with Crippen molar-refractivity contribution in [3.63, 3.8) is 0 Å².